The smallest absolute Gasteiger partial charge is 0.209 e. The Morgan fingerprint density at radius 2 is 1.32 bits per heavy atom. The molecule has 0 saturated heterocycles. The lowest BCUT2D eigenvalue weighted by atomic mass is 9.90. The van der Waals surface area contributed by atoms with Crippen molar-refractivity contribution in [3.05, 3.63) is 59.3 Å². The summed E-state index contributed by atoms with van der Waals surface area (Å²) in [5, 5.41) is 5.15. The molecule has 4 heteroatoms. The maximum Gasteiger partial charge on any atom is 0.209 e. The van der Waals surface area contributed by atoms with Crippen molar-refractivity contribution in [2.45, 2.75) is 51.4 Å². The standard InChI is InChI=1S/C24H30N2O2/c25-13-9-5-3-1-2-4-6-10-14-26-22-17-23(27)20-15-18-11-7-8-12-19(18)16-21(20)24(22)28/h7-8,11-12,15-17,26H,1-6,9-10,13-14,25H2. The van der Waals surface area contributed by atoms with Gasteiger partial charge in [-0.15, -0.1) is 0 Å². The van der Waals surface area contributed by atoms with E-state index < -0.39 is 0 Å². The van der Waals surface area contributed by atoms with Crippen LogP contribution in [0.2, 0.25) is 0 Å². The molecule has 0 spiro atoms. The molecule has 0 fully saturated rings. The average molecular weight is 379 g/mol. The molecule has 0 unspecified atom stereocenters. The van der Waals surface area contributed by atoms with Crippen LogP contribution >= 0.6 is 0 Å². The number of carbonyl (C=O) groups is 2. The second-order valence-corrected chi connectivity index (χ2v) is 7.54. The molecule has 3 rings (SSSR count). The minimum Gasteiger partial charge on any atom is -0.382 e. The second kappa shape index (κ2) is 10.2. The van der Waals surface area contributed by atoms with E-state index in [4.69, 9.17) is 5.73 Å². The largest absolute Gasteiger partial charge is 0.382 e. The van der Waals surface area contributed by atoms with Gasteiger partial charge in [-0.2, -0.15) is 0 Å². The Morgan fingerprint density at radius 1 is 0.750 bits per heavy atom. The van der Waals surface area contributed by atoms with Crippen molar-refractivity contribution in [3.63, 3.8) is 0 Å². The minimum absolute atomic E-state index is 0.0831. The van der Waals surface area contributed by atoms with Crippen LogP contribution in [0.15, 0.2) is 48.2 Å². The molecule has 1 aliphatic carbocycles. The Balaban J connectivity index is 1.47. The summed E-state index contributed by atoms with van der Waals surface area (Å²) in [5.41, 5.74) is 6.93. The van der Waals surface area contributed by atoms with Gasteiger partial charge in [-0.3, -0.25) is 9.59 Å². The van der Waals surface area contributed by atoms with Crippen LogP contribution in [-0.2, 0) is 0 Å². The van der Waals surface area contributed by atoms with Gasteiger partial charge in [0.05, 0.1) is 5.70 Å². The summed E-state index contributed by atoms with van der Waals surface area (Å²) in [4.78, 5) is 25.3. The number of fused-ring (bicyclic) bond motifs is 2. The van der Waals surface area contributed by atoms with Crippen LogP contribution in [-0.4, -0.2) is 24.7 Å². The molecule has 148 valence electrons. The first-order valence-corrected chi connectivity index (χ1v) is 10.5. The van der Waals surface area contributed by atoms with E-state index in [-0.39, 0.29) is 11.6 Å². The zero-order valence-electron chi connectivity index (χ0n) is 16.5. The Bertz CT molecular complexity index is 870. The molecule has 4 nitrogen and oxygen atoms in total. The number of carbonyl (C=O) groups excluding carboxylic acids is 2. The number of unbranched alkanes of at least 4 members (excludes halogenated alkanes) is 7. The van der Waals surface area contributed by atoms with Crippen molar-refractivity contribution in [1.82, 2.24) is 5.32 Å². The third kappa shape index (κ3) is 5.08. The molecule has 0 amide bonds. The van der Waals surface area contributed by atoms with E-state index in [1.807, 2.05) is 36.4 Å². The SMILES string of the molecule is NCCCCCCCCCCNC1=CC(=O)c2cc3ccccc3cc2C1=O. The summed E-state index contributed by atoms with van der Waals surface area (Å²) in [7, 11) is 0. The zero-order chi connectivity index (χ0) is 19.8. The summed E-state index contributed by atoms with van der Waals surface area (Å²) < 4.78 is 0. The van der Waals surface area contributed by atoms with Gasteiger partial charge in [0.1, 0.15) is 0 Å². The number of ketones is 2. The molecular formula is C24H30N2O2. The van der Waals surface area contributed by atoms with Gasteiger partial charge >= 0.3 is 0 Å². The number of hydrogen-bond acceptors (Lipinski definition) is 4. The van der Waals surface area contributed by atoms with Crippen molar-refractivity contribution in [2.75, 3.05) is 13.1 Å². The summed E-state index contributed by atoms with van der Waals surface area (Å²) in [6.07, 6.45) is 11.0. The lowest BCUT2D eigenvalue weighted by molar-refractivity contribution is 0.0978. The first-order valence-electron chi connectivity index (χ1n) is 10.5. The highest BCUT2D eigenvalue weighted by molar-refractivity contribution is 6.25. The van der Waals surface area contributed by atoms with Crippen molar-refractivity contribution in [1.29, 1.82) is 0 Å². The number of allylic oxidation sites excluding steroid dienone is 2. The zero-order valence-corrected chi connectivity index (χ0v) is 16.5. The van der Waals surface area contributed by atoms with Gasteiger partial charge in [-0.1, -0.05) is 62.8 Å². The van der Waals surface area contributed by atoms with Gasteiger partial charge in [-0.05, 0) is 42.3 Å². The van der Waals surface area contributed by atoms with Crippen LogP contribution < -0.4 is 11.1 Å². The van der Waals surface area contributed by atoms with Gasteiger partial charge in [0.25, 0.3) is 0 Å². The maximum atomic E-state index is 12.8. The molecule has 2 aromatic carbocycles. The number of benzene rings is 2. The average Bonchev–Trinajstić information content (AvgIpc) is 2.71. The van der Waals surface area contributed by atoms with E-state index in [0.29, 0.717) is 16.8 Å². The monoisotopic (exact) mass is 378 g/mol. The Kier molecular flexibility index (Phi) is 7.38. The third-order valence-electron chi connectivity index (χ3n) is 5.36. The topological polar surface area (TPSA) is 72.2 Å². The van der Waals surface area contributed by atoms with Crippen molar-refractivity contribution in [2.24, 2.45) is 5.73 Å². The predicted molar refractivity (Wildman–Crippen MR) is 115 cm³/mol. The van der Waals surface area contributed by atoms with Crippen LogP contribution in [0.25, 0.3) is 10.8 Å². The summed E-state index contributed by atoms with van der Waals surface area (Å²) >= 11 is 0. The first kappa shape index (κ1) is 20.3. The summed E-state index contributed by atoms with van der Waals surface area (Å²) in [5.74, 6) is -0.180. The highest BCUT2D eigenvalue weighted by Gasteiger charge is 2.25. The Hall–Kier alpha value is -2.46. The van der Waals surface area contributed by atoms with Gasteiger partial charge < -0.3 is 11.1 Å². The molecular weight excluding hydrogens is 348 g/mol. The van der Waals surface area contributed by atoms with E-state index in [9.17, 15) is 9.59 Å². The lowest BCUT2D eigenvalue weighted by Crippen LogP contribution is -2.27. The molecule has 0 heterocycles. The predicted octanol–water partition coefficient (Wildman–Crippen LogP) is 4.77. The molecule has 0 bridgehead atoms. The van der Waals surface area contributed by atoms with E-state index in [1.165, 1.54) is 38.2 Å². The summed E-state index contributed by atoms with van der Waals surface area (Å²) in [6, 6.07) is 11.5. The highest BCUT2D eigenvalue weighted by atomic mass is 16.1. The number of nitrogens with one attached hydrogen (secondary N) is 1. The molecule has 0 aromatic heterocycles. The Morgan fingerprint density at radius 3 is 1.96 bits per heavy atom. The number of rotatable bonds is 11. The fraction of sp³-hybridized carbons (Fsp3) is 0.417. The number of Topliss-reactive ketones (excluding diaryl/α,β-unsaturated/α-hetero) is 1. The highest BCUT2D eigenvalue weighted by Crippen LogP contribution is 2.26. The molecule has 3 N–H and O–H groups in total. The van der Waals surface area contributed by atoms with Gasteiger partial charge in [0.2, 0.25) is 5.78 Å². The molecule has 28 heavy (non-hydrogen) atoms. The molecule has 0 radical (unpaired) electrons. The van der Waals surface area contributed by atoms with Gasteiger partial charge in [0.15, 0.2) is 5.78 Å². The van der Waals surface area contributed by atoms with Crippen molar-refractivity contribution >= 4 is 22.3 Å². The molecule has 0 saturated carbocycles. The normalized spacial score (nSPS) is 13.5. The fourth-order valence-electron chi connectivity index (χ4n) is 3.74. The first-order chi connectivity index (χ1) is 13.7. The van der Waals surface area contributed by atoms with Gasteiger partial charge in [0, 0.05) is 23.7 Å². The van der Waals surface area contributed by atoms with E-state index in [2.05, 4.69) is 5.32 Å². The van der Waals surface area contributed by atoms with Gasteiger partial charge in [-0.25, -0.2) is 0 Å². The molecule has 1 aliphatic rings. The molecule has 2 aromatic rings. The van der Waals surface area contributed by atoms with E-state index in [0.717, 1.165) is 43.1 Å². The van der Waals surface area contributed by atoms with Crippen LogP contribution in [0.4, 0.5) is 0 Å². The lowest BCUT2D eigenvalue weighted by Gasteiger charge is -2.17. The Labute approximate surface area is 167 Å². The van der Waals surface area contributed by atoms with E-state index >= 15 is 0 Å². The van der Waals surface area contributed by atoms with Crippen LogP contribution in [0.3, 0.4) is 0 Å². The van der Waals surface area contributed by atoms with Crippen molar-refractivity contribution < 1.29 is 9.59 Å². The fourth-order valence-corrected chi connectivity index (χ4v) is 3.74. The quantitative estimate of drug-likeness (QED) is 0.552. The van der Waals surface area contributed by atoms with E-state index in [1.54, 1.807) is 0 Å². The minimum atomic E-state index is -0.0969. The maximum absolute atomic E-state index is 12.8. The van der Waals surface area contributed by atoms with Crippen LogP contribution in [0.1, 0.15) is 72.1 Å². The van der Waals surface area contributed by atoms with Crippen molar-refractivity contribution in [3.8, 4) is 0 Å². The summed E-state index contributed by atoms with van der Waals surface area (Å²) in [6.45, 7) is 1.52. The second-order valence-electron chi connectivity index (χ2n) is 7.54. The number of nitrogens with two attached hydrogens (primary N) is 1. The van der Waals surface area contributed by atoms with Crippen LogP contribution in [0.5, 0.6) is 0 Å². The molecule has 0 atom stereocenters. The number of hydrogen-bond donors (Lipinski definition) is 2. The third-order valence-corrected chi connectivity index (χ3v) is 5.36. The van der Waals surface area contributed by atoms with Crippen LogP contribution in [0, 0.1) is 0 Å². The molecule has 0 aliphatic heterocycles.